The average Bonchev–Trinajstić information content (AvgIpc) is 2.48. The Morgan fingerprint density at radius 3 is 2.65 bits per heavy atom. The largest absolute Gasteiger partial charge is 0.493 e. The molecule has 1 atom stereocenters. The lowest BCUT2D eigenvalue weighted by molar-refractivity contribution is 0.342. The molecule has 0 saturated heterocycles. The van der Waals surface area contributed by atoms with Crippen LogP contribution >= 0.6 is 0 Å². The van der Waals surface area contributed by atoms with Crippen molar-refractivity contribution >= 4 is 10.8 Å². The van der Waals surface area contributed by atoms with E-state index in [9.17, 15) is 8.60 Å². The summed E-state index contributed by atoms with van der Waals surface area (Å²) in [4.78, 5) is 0.570. The summed E-state index contributed by atoms with van der Waals surface area (Å²) >= 11 is 0. The van der Waals surface area contributed by atoms with Gasteiger partial charge in [0.15, 0.2) is 0 Å². The summed E-state index contributed by atoms with van der Waals surface area (Å²) in [5, 5.41) is 8.76. The molecule has 20 heavy (non-hydrogen) atoms. The van der Waals surface area contributed by atoms with Gasteiger partial charge in [-0.2, -0.15) is 5.26 Å². The molecule has 0 aliphatic carbocycles. The van der Waals surface area contributed by atoms with E-state index in [1.807, 2.05) is 6.07 Å². The van der Waals surface area contributed by atoms with Crippen LogP contribution in [0.1, 0.15) is 5.56 Å². The van der Waals surface area contributed by atoms with Crippen molar-refractivity contribution in [1.29, 1.82) is 5.26 Å². The molecule has 0 bridgehead atoms. The van der Waals surface area contributed by atoms with E-state index in [0.717, 1.165) is 0 Å². The smallest absolute Gasteiger partial charge is 0.123 e. The van der Waals surface area contributed by atoms with E-state index in [0.29, 0.717) is 22.0 Å². The molecule has 0 radical (unpaired) electrons. The van der Waals surface area contributed by atoms with Gasteiger partial charge in [-0.05, 0) is 42.5 Å². The fourth-order valence-corrected chi connectivity index (χ4v) is 2.50. The van der Waals surface area contributed by atoms with Crippen LogP contribution in [-0.4, -0.2) is 16.6 Å². The second-order valence-corrected chi connectivity index (χ2v) is 5.56. The summed E-state index contributed by atoms with van der Waals surface area (Å²) in [7, 11) is -1.23. The minimum absolute atomic E-state index is 0.263. The lowest BCUT2D eigenvalue weighted by Gasteiger charge is -2.06. The van der Waals surface area contributed by atoms with E-state index in [-0.39, 0.29) is 12.4 Å². The Morgan fingerprint density at radius 1 is 1.20 bits per heavy atom. The van der Waals surface area contributed by atoms with Gasteiger partial charge in [-0.15, -0.1) is 0 Å². The van der Waals surface area contributed by atoms with Gasteiger partial charge in [0.25, 0.3) is 0 Å². The summed E-state index contributed by atoms with van der Waals surface area (Å²) in [6, 6.07) is 14.4. The molecule has 0 aliphatic heterocycles. The third-order valence-electron chi connectivity index (χ3n) is 2.58. The van der Waals surface area contributed by atoms with Crippen LogP contribution in [0.4, 0.5) is 4.39 Å². The molecule has 2 aromatic carbocycles. The first kappa shape index (κ1) is 14.2. The number of hydrogen-bond acceptors (Lipinski definition) is 3. The monoisotopic (exact) mass is 289 g/mol. The van der Waals surface area contributed by atoms with E-state index in [4.69, 9.17) is 10.00 Å². The van der Waals surface area contributed by atoms with Crippen molar-refractivity contribution in [2.75, 3.05) is 12.4 Å². The Morgan fingerprint density at radius 2 is 1.95 bits per heavy atom. The maximum Gasteiger partial charge on any atom is 0.123 e. The first-order valence-electron chi connectivity index (χ1n) is 5.96. The second kappa shape index (κ2) is 6.83. The first-order valence-corrected chi connectivity index (χ1v) is 7.28. The number of halogens is 1. The van der Waals surface area contributed by atoms with Crippen molar-refractivity contribution < 1.29 is 13.3 Å². The van der Waals surface area contributed by atoms with E-state index >= 15 is 0 Å². The van der Waals surface area contributed by atoms with Crippen molar-refractivity contribution in [3.63, 3.8) is 0 Å². The quantitative estimate of drug-likeness (QED) is 0.850. The van der Waals surface area contributed by atoms with Gasteiger partial charge in [-0.25, -0.2) is 4.39 Å². The number of hydrogen-bond donors (Lipinski definition) is 0. The van der Waals surface area contributed by atoms with Gasteiger partial charge in [0.05, 0.1) is 28.2 Å². The summed E-state index contributed by atoms with van der Waals surface area (Å²) in [5.74, 6) is 0.526. The number of ether oxygens (including phenoxy) is 1. The van der Waals surface area contributed by atoms with Crippen LogP contribution < -0.4 is 4.74 Å². The number of nitrogens with zero attached hydrogens (tertiary/aromatic N) is 1. The molecule has 1 unspecified atom stereocenters. The van der Waals surface area contributed by atoms with Crippen molar-refractivity contribution in [2.24, 2.45) is 0 Å². The van der Waals surface area contributed by atoms with Gasteiger partial charge in [0, 0.05) is 4.90 Å². The third-order valence-corrected chi connectivity index (χ3v) is 3.91. The van der Waals surface area contributed by atoms with Crippen molar-refractivity contribution in [1.82, 2.24) is 0 Å². The van der Waals surface area contributed by atoms with Crippen LogP contribution in [0.5, 0.6) is 5.75 Å². The van der Waals surface area contributed by atoms with E-state index in [1.165, 1.54) is 24.3 Å². The fraction of sp³-hybridized carbons (Fsp3) is 0.133. The van der Waals surface area contributed by atoms with E-state index in [2.05, 4.69) is 0 Å². The van der Waals surface area contributed by atoms with Crippen LogP contribution in [-0.2, 0) is 10.8 Å². The Labute approximate surface area is 119 Å². The maximum atomic E-state index is 12.7. The zero-order valence-corrected chi connectivity index (χ0v) is 11.4. The van der Waals surface area contributed by atoms with Crippen molar-refractivity contribution in [2.45, 2.75) is 4.90 Å². The highest BCUT2D eigenvalue weighted by Gasteiger charge is 2.04. The molecule has 3 nitrogen and oxygen atoms in total. The molecule has 102 valence electrons. The molecule has 0 aliphatic rings. The predicted octanol–water partition coefficient (Wildman–Crippen LogP) is 2.88. The zero-order valence-electron chi connectivity index (χ0n) is 10.6. The van der Waals surface area contributed by atoms with Gasteiger partial charge >= 0.3 is 0 Å². The van der Waals surface area contributed by atoms with Gasteiger partial charge in [-0.1, -0.05) is 6.07 Å². The normalized spacial score (nSPS) is 11.6. The minimum atomic E-state index is -1.23. The van der Waals surface area contributed by atoms with Gasteiger partial charge < -0.3 is 4.74 Å². The van der Waals surface area contributed by atoms with Crippen LogP contribution in [0.3, 0.4) is 0 Å². The highest BCUT2D eigenvalue weighted by molar-refractivity contribution is 7.85. The summed E-state index contributed by atoms with van der Waals surface area (Å²) in [5.41, 5.74) is 0.516. The van der Waals surface area contributed by atoms with Crippen molar-refractivity contribution in [3.05, 3.63) is 59.9 Å². The Hall–Kier alpha value is -2.19. The molecule has 2 aromatic rings. The molecule has 5 heteroatoms. The molecule has 0 heterocycles. The Balaban J connectivity index is 1.88. The maximum absolute atomic E-state index is 12.7. The average molecular weight is 289 g/mol. The van der Waals surface area contributed by atoms with Crippen LogP contribution in [0.15, 0.2) is 53.4 Å². The SMILES string of the molecule is N#Cc1cccc(OCCS(=O)c2ccc(F)cc2)c1. The molecule has 0 N–H and O–H groups in total. The molecule has 0 aromatic heterocycles. The summed E-state index contributed by atoms with van der Waals surface area (Å²) < 4.78 is 30.1. The van der Waals surface area contributed by atoms with Crippen LogP contribution in [0.2, 0.25) is 0 Å². The topological polar surface area (TPSA) is 50.1 Å². The lowest BCUT2D eigenvalue weighted by atomic mass is 10.2. The van der Waals surface area contributed by atoms with E-state index in [1.54, 1.807) is 24.3 Å². The number of nitriles is 1. The standard InChI is InChI=1S/C15H12FNO2S/c16-13-4-6-15(7-5-13)20(18)9-8-19-14-3-1-2-12(10-14)11-17/h1-7,10H,8-9H2. The zero-order chi connectivity index (χ0) is 14.4. The summed E-state index contributed by atoms with van der Waals surface area (Å²) in [6.45, 7) is 0.263. The summed E-state index contributed by atoms with van der Waals surface area (Å²) in [6.07, 6.45) is 0. The highest BCUT2D eigenvalue weighted by Crippen LogP contribution is 2.13. The Bertz CT molecular complexity index is 650. The fourth-order valence-electron chi connectivity index (χ4n) is 1.59. The molecule has 2 rings (SSSR count). The van der Waals surface area contributed by atoms with E-state index < -0.39 is 10.8 Å². The van der Waals surface area contributed by atoms with Crippen LogP contribution in [0, 0.1) is 17.1 Å². The lowest BCUT2D eigenvalue weighted by Crippen LogP contribution is -2.08. The van der Waals surface area contributed by atoms with Gasteiger partial charge in [-0.3, -0.25) is 4.21 Å². The number of benzene rings is 2. The highest BCUT2D eigenvalue weighted by atomic mass is 32.2. The first-order chi connectivity index (χ1) is 9.69. The molecule has 0 spiro atoms. The van der Waals surface area contributed by atoms with Gasteiger partial charge in [0.2, 0.25) is 0 Å². The van der Waals surface area contributed by atoms with Crippen molar-refractivity contribution in [3.8, 4) is 11.8 Å². The molecule has 0 saturated carbocycles. The molecular formula is C15H12FNO2S. The molecular weight excluding hydrogens is 277 g/mol. The third kappa shape index (κ3) is 3.90. The molecule has 0 amide bonds. The Kier molecular flexibility index (Phi) is 4.85. The molecule has 0 fully saturated rings. The second-order valence-electron chi connectivity index (χ2n) is 3.99. The predicted molar refractivity (Wildman–Crippen MR) is 74.3 cm³/mol. The minimum Gasteiger partial charge on any atom is -0.493 e. The van der Waals surface area contributed by atoms with Gasteiger partial charge in [0.1, 0.15) is 18.2 Å². The van der Waals surface area contributed by atoms with Crippen LogP contribution in [0.25, 0.3) is 0 Å². The number of rotatable bonds is 5.